The van der Waals surface area contributed by atoms with Gasteiger partial charge in [-0.2, -0.15) is 0 Å². The molecule has 2 heterocycles. The van der Waals surface area contributed by atoms with Gasteiger partial charge in [-0.15, -0.1) is 0 Å². The zero-order valence-corrected chi connectivity index (χ0v) is 12.4. The van der Waals surface area contributed by atoms with Crippen molar-refractivity contribution in [3.8, 4) is 0 Å². The topological polar surface area (TPSA) is 28.2 Å². The van der Waals surface area contributed by atoms with E-state index >= 15 is 0 Å². The van der Waals surface area contributed by atoms with Crippen molar-refractivity contribution in [2.45, 2.75) is 46.1 Å². The van der Waals surface area contributed by atoms with Gasteiger partial charge in [-0.3, -0.25) is 4.90 Å². The molecule has 1 aliphatic rings. The largest absolute Gasteiger partial charge is 0.370 e. The molecule has 106 valence electrons. The molecule has 0 aromatic carbocycles. The second-order valence-electron chi connectivity index (χ2n) is 5.57. The number of hydrogen-bond donors (Lipinski definition) is 1. The molecule has 2 rings (SSSR count). The highest BCUT2D eigenvalue weighted by atomic mass is 15.1. The summed E-state index contributed by atoms with van der Waals surface area (Å²) in [6.07, 6.45) is 5.17. The first-order valence-electron chi connectivity index (χ1n) is 7.74. The van der Waals surface area contributed by atoms with E-state index < -0.39 is 0 Å². The van der Waals surface area contributed by atoms with Crippen LogP contribution in [0, 0.1) is 5.92 Å². The first-order valence-corrected chi connectivity index (χ1v) is 7.74. The molecule has 1 aromatic rings. The Morgan fingerprint density at radius 2 is 2.05 bits per heavy atom. The SMILES string of the molecule is CCCNc1cccc(CN2CCC(CC)CC2)n1. The summed E-state index contributed by atoms with van der Waals surface area (Å²) in [6.45, 7) is 8.94. The van der Waals surface area contributed by atoms with Crippen LogP contribution >= 0.6 is 0 Å². The Morgan fingerprint density at radius 3 is 2.74 bits per heavy atom. The predicted octanol–water partition coefficient (Wildman–Crippen LogP) is 3.53. The third-order valence-corrected chi connectivity index (χ3v) is 4.03. The van der Waals surface area contributed by atoms with Crippen molar-refractivity contribution in [3.05, 3.63) is 23.9 Å². The van der Waals surface area contributed by atoms with Crippen LogP contribution in [0.5, 0.6) is 0 Å². The van der Waals surface area contributed by atoms with Crippen molar-refractivity contribution in [1.82, 2.24) is 9.88 Å². The summed E-state index contributed by atoms with van der Waals surface area (Å²) in [5.74, 6) is 1.96. The Balaban J connectivity index is 1.85. The molecule has 3 heteroatoms. The maximum Gasteiger partial charge on any atom is 0.126 e. The highest BCUT2D eigenvalue weighted by Crippen LogP contribution is 2.21. The van der Waals surface area contributed by atoms with E-state index in [1.807, 2.05) is 0 Å². The highest BCUT2D eigenvalue weighted by Gasteiger charge is 2.17. The van der Waals surface area contributed by atoms with E-state index in [0.29, 0.717) is 0 Å². The van der Waals surface area contributed by atoms with E-state index in [-0.39, 0.29) is 0 Å². The van der Waals surface area contributed by atoms with Crippen molar-refractivity contribution in [2.75, 3.05) is 25.0 Å². The number of nitrogens with zero attached hydrogens (tertiary/aromatic N) is 2. The molecule has 1 aliphatic heterocycles. The van der Waals surface area contributed by atoms with Crippen LogP contribution in [0.25, 0.3) is 0 Å². The molecule has 0 atom stereocenters. The van der Waals surface area contributed by atoms with Crippen molar-refractivity contribution in [3.63, 3.8) is 0 Å². The van der Waals surface area contributed by atoms with Crippen LogP contribution in [-0.4, -0.2) is 29.5 Å². The maximum absolute atomic E-state index is 4.69. The fraction of sp³-hybridized carbons (Fsp3) is 0.688. The van der Waals surface area contributed by atoms with E-state index in [1.165, 1.54) is 38.0 Å². The average Bonchev–Trinajstić information content (AvgIpc) is 2.46. The van der Waals surface area contributed by atoms with Gasteiger partial charge in [0.25, 0.3) is 0 Å². The Hall–Kier alpha value is -1.09. The van der Waals surface area contributed by atoms with E-state index in [1.54, 1.807) is 0 Å². The van der Waals surface area contributed by atoms with Crippen LogP contribution in [0.1, 0.15) is 45.2 Å². The Labute approximate surface area is 117 Å². The molecule has 0 saturated carbocycles. The third-order valence-electron chi connectivity index (χ3n) is 4.03. The zero-order valence-electron chi connectivity index (χ0n) is 12.4. The molecule has 0 radical (unpaired) electrons. The molecule has 0 unspecified atom stereocenters. The van der Waals surface area contributed by atoms with Gasteiger partial charge in [-0.1, -0.05) is 26.3 Å². The van der Waals surface area contributed by atoms with Gasteiger partial charge in [0, 0.05) is 13.1 Å². The summed E-state index contributed by atoms with van der Waals surface area (Å²) < 4.78 is 0. The fourth-order valence-electron chi connectivity index (χ4n) is 2.70. The molecule has 0 aliphatic carbocycles. The fourth-order valence-corrected chi connectivity index (χ4v) is 2.70. The smallest absolute Gasteiger partial charge is 0.126 e. The Morgan fingerprint density at radius 1 is 1.26 bits per heavy atom. The van der Waals surface area contributed by atoms with Crippen LogP contribution in [-0.2, 0) is 6.54 Å². The van der Waals surface area contributed by atoms with Gasteiger partial charge in [0.2, 0.25) is 0 Å². The summed E-state index contributed by atoms with van der Waals surface area (Å²) in [5, 5.41) is 3.36. The highest BCUT2D eigenvalue weighted by molar-refractivity contribution is 5.35. The van der Waals surface area contributed by atoms with Crippen LogP contribution in [0.3, 0.4) is 0 Å². The number of rotatable bonds is 6. The number of piperidine rings is 1. The summed E-state index contributed by atoms with van der Waals surface area (Å²) in [6, 6.07) is 6.31. The van der Waals surface area contributed by atoms with Gasteiger partial charge in [-0.05, 0) is 50.4 Å². The lowest BCUT2D eigenvalue weighted by Gasteiger charge is -2.31. The monoisotopic (exact) mass is 261 g/mol. The molecule has 1 fully saturated rings. The summed E-state index contributed by atoms with van der Waals surface area (Å²) in [4.78, 5) is 7.23. The van der Waals surface area contributed by atoms with Crippen molar-refractivity contribution in [1.29, 1.82) is 0 Å². The van der Waals surface area contributed by atoms with E-state index in [2.05, 4.69) is 42.3 Å². The first kappa shape index (κ1) is 14.3. The molecule has 1 aromatic heterocycles. The maximum atomic E-state index is 4.69. The lowest BCUT2D eigenvalue weighted by Crippen LogP contribution is -2.33. The molecule has 19 heavy (non-hydrogen) atoms. The number of hydrogen-bond acceptors (Lipinski definition) is 3. The van der Waals surface area contributed by atoms with Crippen molar-refractivity contribution in [2.24, 2.45) is 5.92 Å². The van der Waals surface area contributed by atoms with Gasteiger partial charge in [0.1, 0.15) is 5.82 Å². The summed E-state index contributed by atoms with van der Waals surface area (Å²) >= 11 is 0. The molecule has 0 amide bonds. The van der Waals surface area contributed by atoms with Gasteiger partial charge in [0.05, 0.1) is 5.69 Å². The second-order valence-corrected chi connectivity index (χ2v) is 5.57. The number of likely N-dealkylation sites (tertiary alicyclic amines) is 1. The van der Waals surface area contributed by atoms with Gasteiger partial charge in [0.15, 0.2) is 0 Å². The minimum absolute atomic E-state index is 0.946. The van der Waals surface area contributed by atoms with Gasteiger partial charge in [-0.25, -0.2) is 4.98 Å². The number of pyridine rings is 1. The Kier molecular flexibility index (Phi) is 5.64. The molecule has 3 nitrogen and oxygen atoms in total. The molecular weight excluding hydrogens is 234 g/mol. The van der Waals surface area contributed by atoms with E-state index in [9.17, 15) is 0 Å². The van der Waals surface area contributed by atoms with Crippen LogP contribution in [0.15, 0.2) is 18.2 Å². The Bertz CT molecular complexity index is 370. The van der Waals surface area contributed by atoms with Crippen molar-refractivity contribution >= 4 is 5.82 Å². The molecule has 1 saturated heterocycles. The summed E-state index contributed by atoms with van der Waals surface area (Å²) in [5.41, 5.74) is 1.19. The molecular formula is C16H27N3. The molecule has 0 spiro atoms. The minimum atomic E-state index is 0.946. The van der Waals surface area contributed by atoms with E-state index in [0.717, 1.165) is 31.2 Å². The lowest BCUT2D eigenvalue weighted by atomic mass is 9.94. The average molecular weight is 261 g/mol. The quantitative estimate of drug-likeness (QED) is 0.849. The molecule has 1 N–H and O–H groups in total. The van der Waals surface area contributed by atoms with Crippen molar-refractivity contribution < 1.29 is 0 Å². The molecule has 0 bridgehead atoms. The zero-order chi connectivity index (χ0) is 13.5. The normalized spacial score (nSPS) is 17.6. The van der Waals surface area contributed by atoms with E-state index in [4.69, 9.17) is 4.98 Å². The number of anilines is 1. The van der Waals surface area contributed by atoms with Gasteiger partial charge >= 0.3 is 0 Å². The second kappa shape index (κ2) is 7.49. The summed E-state index contributed by atoms with van der Waals surface area (Å²) in [7, 11) is 0. The van der Waals surface area contributed by atoms with Crippen LogP contribution in [0.4, 0.5) is 5.82 Å². The minimum Gasteiger partial charge on any atom is -0.370 e. The van der Waals surface area contributed by atoms with Crippen LogP contribution in [0.2, 0.25) is 0 Å². The first-order chi connectivity index (χ1) is 9.31. The predicted molar refractivity (Wildman–Crippen MR) is 81.3 cm³/mol. The van der Waals surface area contributed by atoms with Crippen LogP contribution < -0.4 is 5.32 Å². The lowest BCUT2D eigenvalue weighted by molar-refractivity contribution is 0.173. The standard InChI is InChI=1S/C16H27N3/c1-3-10-17-16-7-5-6-15(18-16)13-19-11-8-14(4-2)9-12-19/h5-7,14H,3-4,8-13H2,1-2H3,(H,17,18). The number of nitrogens with one attached hydrogen (secondary N) is 1. The van der Waals surface area contributed by atoms with Gasteiger partial charge < -0.3 is 5.32 Å². The number of aromatic nitrogens is 1. The third kappa shape index (κ3) is 4.50.